The molecule has 0 unspecified atom stereocenters. The van der Waals surface area contributed by atoms with Crippen LogP contribution in [-0.2, 0) is 4.74 Å². The molecule has 0 amide bonds. The molecule has 1 aromatic rings. The van der Waals surface area contributed by atoms with Gasteiger partial charge in [-0.15, -0.1) is 0 Å². The summed E-state index contributed by atoms with van der Waals surface area (Å²) in [7, 11) is 5.48. The van der Waals surface area contributed by atoms with Crippen molar-refractivity contribution in [1.82, 2.24) is 0 Å². The number of hydrogen-bond donors (Lipinski definition) is 1. The lowest BCUT2D eigenvalue weighted by molar-refractivity contribution is 0.144. The van der Waals surface area contributed by atoms with Gasteiger partial charge in [0, 0.05) is 33.0 Å². The summed E-state index contributed by atoms with van der Waals surface area (Å²) >= 11 is 0. The van der Waals surface area contributed by atoms with Crippen LogP contribution in [0.4, 0.5) is 5.69 Å². The molecule has 0 aromatic heterocycles. The van der Waals surface area contributed by atoms with Gasteiger partial charge >= 0.3 is 0 Å². The maximum absolute atomic E-state index is 9.53. The van der Waals surface area contributed by atoms with E-state index in [1.165, 1.54) is 0 Å². The van der Waals surface area contributed by atoms with Crippen molar-refractivity contribution >= 4 is 5.69 Å². The summed E-state index contributed by atoms with van der Waals surface area (Å²) in [5, 5.41) is 9.53. The predicted molar refractivity (Wildman–Crippen MR) is 59.8 cm³/mol. The second kappa shape index (κ2) is 5.46. The molecule has 0 saturated carbocycles. The smallest absolute Gasteiger partial charge is 0.163 e. The second-order valence-corrected chi connectivity index (χ2v) is 3.39. The number of nitrogens with zero attached hydrogens (tertiary/aromatic N) is 1. The molecule has 0 bridgehead atoms. The number of methoxy groups -OCH3 is 1. The van der Waals surface area contributed by atoms with Crippen molar-refractivity contribution in [1.29, 1.82) is 0 Å². The monoisotopic (exact) mass is 211 g/mol. The molecule has 1 N–H and O–H groups in total. The number of benzene rings is 1. The fourth-order valence-electron chi connectivity index (χ4n) is 1.13. The zero-order chi connectivity index (χ0) is 11.3. The molecule has 0 spiro atoms. The number of aromatic hydroxyl groups is 1. The zero-order valence-electron chi connectivity index (χ0n) is 9.36. The van der Waals surface area contributed by atoms with Gasteiger partial charge in [0.05, 0.1) is 6.61 Å². The van der Waals surface area contributed by atoms with E-state index in [0.29, 0.717) is 19.0 Å². The predicted octanol–water partition coefficient (Wildman–Crippen LogP) is 1.48. The first-order valence-electron chi connectivity index (χ1n) is 4.77. The van der Waals surface area contributed by atoms with Crippen molar-refractivity contribution in [3.63, 3.8) is 0 Å². The van der Waals surface area contributed by atoms with Gasteiger partial charge in [-0.25, -0.2) is 0 Å². The summed E-state index contributed by atoms with van der Waals surface area (Å²) in [5.41, 5.74) is 0.986. The lowest BCUT2D eigenvalue weighted by Crippen LogP contribution is -2.09. The van der Waals surface area contributed by atoms with E-state index in [1.807, 2.05) is 25.1 Å². The normalized spacial score (nSPS) is 10.1. The molecular weight excluding hydrogens is 194 g/mol. The molecule has 0 fully saturated rings. The van der Waals surface area contributed by atoms with E-state index in [4.69, 9.17) is 9.47 Å². The summed E-state index contributed by atoms with van der Waals surface area (Å²) in [4.78, 5) is 1.95. The van der Waals surface area contributed by atoms with Gasteiger partial charge in [0.2, 0.25) is 0 Å². The van der Waals surface area contributed by atoms with Crippen LogP contribution >= 0.6 is 0 Å². The molecule has 84 valence electrons. The van der Waals surface area contributed by atoms with E-state index in [2.05, 4.69) is 0 Å². The minimum atomic E-state index is 0.150. The van der Waals surface area contributed by atoms with Crippen molar-refractivity contribution in [3.05, 3.63) is 18.2 Å². The summed E-state index contributed by atoms with van der Waals surface area (Å²) in [6, 6.07) is 5.25. The molecule has 1 rings (SSSR count). The van der Waals surface area contributed by atoms with E-state index in [-0.39, 0.29) is 5.75 Å². The molecule has 0 saturated heterocycles. The van der Waals surface area contributed by atoms with Gasteiger partial charge in [0.25, 0.3) is 0 Å². The third-order valence-corrected chi connectivity index (χ3v) is 2.00. The molecular formula is C11H17NO3. The van der Waals surface area contributed by atoms with Crippen LogP contribution in [0.15, 0.2) is 18.2 Å². The first-order chi connectivity index (χ1) is 7.15. The summed E-state index contributed by atoms with van der Waals surface area (Å²) in [6.45, 7) is 0.937. The van der Waals surface area contributed by atoms with Crippen molar-refractivity contribution in [2.24, 2.45) is 0 Å². The van der Waals surface area contributed by atoms with Crippen LogP contribution in [0.25, 0.3) is 0 Å². The van der Waals surface area contributed by atoms with Gasteiger partial charge in [-0.2, -0.15) is 0 Å². The lowest BCUT2D eigenvalue weighted by Gasteiger charge is -2.15. The molecule has 0 atom stereocenters. The lowest BCUT2D eigenvalue weighted by atomic mass is 10.2. The molecule has 0 heterocycles. The van der Waals surface area contributed by atoms with Gasteiger partial charge in [-0.3, -0.25) is 0 Å². The Morgan fingerprint density at radius 3 is 2.60 bits per heavy atom. The molecule has 0 radical (unpaired) electrons. The van der Waals surface area contributed by atoms with E-state index >= 15 is 0 Å². The zero-order valence-corrected chi connectivity index (χ0v) is 9.36. The van der Waals surface area contributed by atoms with Crippen LogP contribution in [0.1, 0.15) is 0 Å². The quantitative estimate of drug-likeness (QED) is 0.749. The highest BCUT2D eigenvalue weighted by Gasteiger charge is 2.04. The first kappa shape index (κ1) is 11.7. The molecule has 0 aliphatic rings. The minimum Gasteiger partial charge on any atom is -0.504 e. The largest absolute Gasteiger partial charge is 0.504 e. The van der Waals surface area contributed by atoms with Gasteiger partial charge in [0.15, 0.2) is 11.5 Å². The van der Waals surface area contributed by atoms with Crippen molar-refractivity contribution in [2.45, 2.75) is 0 Å². The van der Waals surface area contributed by atoms with Crippen LogP contribution < -0.4 is 9.64 Å². The maximum atomic E-state index is 9.53. The Kier molecular flexibility index (Phi) is 4.24. The Bertz CT molecular complexity index is 313. The van der Waals surface area contributed by atoms with E-state index in [9.17, 15) is 5.11 Å². The highest BCUT2D eigenvalue weighted by Crippen LogP contribution is 2.29. The van der Waals surface area contributed by atoms with E-state index in [0.717, 1.165) is 5.69 Å². The minimum absolute atomic E-state index is 0.150. The number of anilines is 1. The molecule has 15 heavy (non-hydrogen) atoms. The fourth-order valence-corrected chi connectivity index (χ4v) is 1.13. The number of ether oxygens (including phenoxy) is 2. The van der Waals surface area contributed by atoms with Crippen LogP contribution in [0.5, 0.6) is 11.5 Å². The van der Waals surface area contributed by atoms with E-state index < -0.39 is 0 Å². The Hall–Kier alpha value is -1.42. The second-order valence-electron chi connectivity index (χ2n) is 3.39. The van der Waals surface area contributed by atoms with Gasteiger partial charge in [0.1, 0.15) is 6.61 Å². The van der Waals surface area contributed by atoms with Gasteiger partial charge in [-0.05, 0) is 12.1 Å². The average molecular weight is 211 g/mol. The summed E-state index contributed by atoms with van der Waals surface area (Å²) < 4.78 is 10.2. The van der Waals surface area contributed by atoms with Gasteiger partial charge in [-0.1, -0.05) is 0 Å². The Morgan fingerprint density at radius 1 is 1.27 bits per heavy atom. The third kappa shape index (κ3) is 3.32. The number of hydrogen-bond acceptors (Lipinski definition) is 4. The topological polar surface area (TPSA) is 41.9 Å². The highest BCUT2D eigenvalue weighted by atomic mass is 16.5. The number of rotatable bonds is 5. The highest BCUT2D eigenvalue weighted by molar-refractivity contribution is 5.55. The Labute approximate surface area is 90.0 Å². The van der Waals surface area contributed by atoms with Crippen molar-refractivity contribution in [2.75, 3.05) is 39.3 Å². The maximum Gasteiger partial charge on any atom is 0.163 e. The third-order valence-electron chi connectivity index (χ3n) is 2.00. The standard InChI is InChI=1S/C11H17NO3/c1-12(2)9-4-5-10(13)11(8-9)15-7-6-14-3/h4-5,8,13H,6-7H2,1-3H3. The van der Waals surface area contributed by atoms with Crippen molar-refractivity contribution < 1.29 is 14.6 Å². The summed E-state index contributed by atoms with van der Waals surface area (Å²) in [6.07, 6.45) is 0. The van der Waals surface area contributed by atoms with Crippen LogP contribution in [-0.4, -0.2) is 39.5 Å². The summed E-state index contributed by atoms with van der Waals surface area (Å²) in [5.74, 6) is 0.634. The molecule has 4 nitrogen and oxygen atoms in total. The van der Waals surface area contributed by atoms with Crippen LogP contribution in [0.3, 0.4) is 0 Å². The van der Waals surface area contributed by atoms with Crippen LogP contribution in [0.2, 0.25) is 0 Å². The van der Waals surface area contributed by atoms with Crippen molar-refractivity contribution in [3.8, 4) is 11.5 Å². The SMILES string of the molecule is COCCOc1cc(N(C)C)ccc1O. The van der Waals surface area contributed by atoms with Crippen LogP contribution in [0, 0.1) is 0 Å². The number of phenols is 1. The Balaban J connectivity index is 2.72. The molecule has 1 aromatic carbocycles. The molecule has 0 aliphatic heterocycles. The fraction of sp³-hybridized carbons (Fsp3) is 0.455. The molecule has 0 aliphatic carbocycles. The Morgan fingerprint density at radius 2 is 2.00 bits per heavy atom. The first-order valence-corrected chi connectivity index (χ1v) is 4.77. The van der Waals surface area contributed by atoms with Gasteiger partial charge < -0.3 is 19.5 Å². The average Bonchev–Trinajstić information content (AvgIpc) is 2.20. The van der Waals surface area contributed by atoms with E-state index in [1.54, 1.807) is 19.2 Å². The molecule has 4 heteroatoms. The number of phenolic OH excluding ortho intramolecular Hbond substituents is 1.